The second kappa shape index (κ2) is 4.46. The zero-order chi connectivity index (χ0) is 12.5. The summed E-state index contributed by atoms with van der Waals surface area (Å²) in [7, 11) is 0. The van der Waals surface area contributed by atoms with Gasteiger partial charge in [0.05, 0.1) is 5.69 Å². The minimum absolute atomic E-state index is 0.118. The molecule has 4 heteroatoms. The van der Waals surface area contributed by atoms with E-state index in [1.54, 1.807) is 6.20 Å². The Morgan fingerprint density at radius 2 is 1.94 bits per heavy atom. The maximum Gasteiger partial charge on any atom is 0.161 e. The lowest BCUT2D eigenvalue weighted by Crippen LogP contribution is -2.09. The van der Waals surface area contributed by atoms with Crippen LogP contribution in [-0.4, -0.2) is 15.0 Å². The molecule has 0 aromatic carbocycles. The molecule has 1 unspecified atom stereocenters. The van der Waals surface area contributed by atoms with Crippen LogP contribution in [0.25, 0.3) is 11.4 Å². The van der Waals surface area contributed by atoms with Gasteiger partial charge >= 0.3 is 0 Å². The Balaban J connectivity index is 1.98. The Kier molecular flexibility index (Phi) is 2.80. The van der Waals surface area contributed by atoms with Gasteiger partial charge in [-0.05, 0) is 43.4 Å². The number of pyridine rings is 1. The molecule has 0 radical (unpaired) electrons. The molecule has 92 valence electrons. The zero-order valence-electron chi connectivity index (χ0n) is 10.4. The van der Waals surface area contributed by atoms with Crippen molar-refractivity contribution < 1.29 is 0 Å². The van der Waals surface area contributed by atoms with Crippen LogP contribution in [0.5, 0.6) is 0 Å². The van der Waals surface area contributed by atoms with Crippen molar-refractivity contribution in [3.05, 3.63) is 42.0 Å². The molecule has 2 aromatic heterocycles. The summed E-state index contributed by atoms with van der Waals surface area (Å²) in [6.45, 7) is 1.92. The largest absolute Gasteiger partial charge is 0.323 e. The monoisotopic (exact) mass is 240 g/mol. The SMILES string of the molecule is CC(N)c1ncccc1-c1ncc(C2CC2)cn1. The maximum atomic E-state index is 5.92. The van der Waals surface area contributed by atoms with Crippen LogP contribution >= 0.6 is 0 Å². The van der Waals surface area contributed by atoms with E-state index in [1.807, 2.05) is 31.5 Å². The summed E-state index contributed by atoms with van der Waals surface area (Å²) in [4.78, 5) is 13.2. The summed E-state index contributed by atoms with van der Waals surface area (Å²) >= 11 is 0. The van der Waals surface area contributed by atoms with E-state index in [1.165, 1.54) is 18.4 Å². The molecule has 0 amide bonds. The van der Waals surface area contributed by atoms with Gasteiger partial charge in [0.1, 0.15) is 0 Å². The van der Waals surface area contributed by atoms with E-state index in [0.717, 1.165) is 11.3 Å². The van der Waals surface area contributed by atoms with E-state index in [0.29, 0.717) is 11.7 Å². The predicted octanol–water partition coefficient (Wildman–Crippen LogP) is 2.44. The second-order valence-electron chi connectivity index (χ2n) is 4.84. The van der Waals surface area contributed by atoms with Crippen LogP contribution in [0.15, 0.2) is 30.7 Å². The molecular weight excluding hydrogens is 224 g/mol. The fourth-order valence-corrected chi connectivity index (χ4v) is 2.07. The molecule has 0 aliphatic heterocycles. The number of hydrogen-bond acceptors (Lipinski definition) is 4. The lowest BCUT2D eigenvalue weighted by molar-refractivity contribution is 0.781. The molecule has 0 spiro atoms. The number of rotatable bonds is 3. The Bertz CT molecular complexity index is 544. The van der Waals surface area contributed by atoms with Crippen molar-refractivity contribution in [3.63, 3.8) is 0 Å². The predicted molar refractivity (Wildman–Crippen MR) is 69.8 cm³/mol. The Labute approximate surface area is 106 Å². The standard InChI is InChI=1S/C14H16N4/c1-9(15)13-12(3-2-6-16-13)14-17-7-11(8-18-14)10-4-5-10/h2-3,6-10H,4-5,15H2,1H3. The van der Waals surface area contributed by atoms with Gasteiger partial charge < -0.3 is 5.73 Å². The average molecular weight is 240 g/mol. The molecule has 1 atom stereocenters. The molecule has 2 N–H and O–H groups in total. The highest BCUT2D eigenvalue weighted by Crippen LogP contribution is 2.39. The van der Waals surface area contributed by atoms with Gasteiger partial charge in [-0.25, -0.2) is 9.97 Å². The molecule has 0 saturated heterocycles. The number of aromatic nitrogens is 3. The Morgan fingerprint density at radius 1 is 1.22 bits per heavy atom. The Hall–Kier alpha value is -1.81. The summed E-state index contributed by atoms with van der Waals surface area (Å²) in [5.41, 5.74) is 8.93. The number of nitrogens with two attached hydrogens (primary N) is 1. The van der Waals surface area contributed by atoms with Crippen molar-refractivity contribution >= 4 is 0 Å². The van der Waals surface area contributed by atoms with Crippen LogP contribution in [0.2, 0.25) is 0 Å². The first-order chi connectivity index (χ1) is 8.75. The van der Waals surface area contributed by atoms with Crippen LogP contribution in [0, 0.1) is 0 Å². The van der Waals surface area contributed by atoms with Gasteiger partial charge in [0.25, 0.3) is 0 Å². The first-order valence-corrected chi connectivity index (χ1v) is 6.28. The van der Waals surface area contributed by atoms with Crippen LogP contribution in [-0.2, 0) is 0 Å². The summed E-state index contributed by atoms with van der Waals surface area (Å²) in [5.74, 6) is 1.39. The molecule has 1 aliphatic carbocycles. The molecule has 2 aromatic rings. The van der Waals surface area contributed by atoms with Gasteiger partial charge in [-0.1, -0.05) is 0 Å². The highest BCUT2D eigenvalue weighted by atomic mass is 14.9. The van der Waals surface area contributed by atoms with E-state index in [-0.39, 0.29) is 6.04 Å². The molecule has 1 saturated carbocycles. The molecule has 18 heavy (non-hydrogen) atoms. The van der Waals surface area contributed by atoms with Crippen LogP contribution in [0.1, 0.15) is 43.0 Å². The normalized spacial score (nSPS) is 16.6. The van der Waals surface area contributed by atoms with Crippen molar-refractivity contribution in [2.24, 2.45) is 5.73 Å². The fourth-order valence-electron chi connectivity index (χ4n) is 2.07. The quantitative estimate of drug-likeness (QED) is 0.894. The zero-order valence-corrected chi connectivity index (χ0v) is 10.4. The molecule has 3 rings (SSSR count). The molecule has 1 aliphatic rings. The van der Waals surface area contributed by atoms with Crippen molar-refractivity contribution in [1.82, 2.24) is 15.0 Å². The van der Waals surface area contributed by atoms with Crippen molar-refractivity contribution in [2.45, 2.75) is 31.7 Å². The number of nitrogens with zero attached hydrogens (tertiary/aromatic N) is 3. The molecule has 4 nitrogen and oxygen atoms in total. The van der Waals surface area contributed by atoms with Gasteiger partial charge in [0.2, 0.25) is 0 Å². The van der Waals surface area contributed by atoms with E-state index >= 15 is 0 Å². The smallest absolute Gasteiger partial charge is 0.161 e. The maximum absolute atomic E-state index is 5.92. The first kappa shape index (κ1) is 11.3. The van der Waals surface area contributed by atoms with Crippen LogP contribution < -0.4 is 5.73 Å². The fraction of sp³-hybridized carbons (Fsp3) is 0.357. The average Bonchev–Trinajstić information content (AvgIpc) is 3.23. The minimum Gasteiger partial charge on any atom is -0.323 e. The van der Waals surface area contributed by atoms with Gasteiger partial charge in [-0.2, -0.15) is 0 Å². The van der Waals surface area contributed by atoms with E-state index in [4.69, 9.17) is 5.73 Å². The third-order valence-corrected chi connectivity index (χ3v) is 3.23. The van der Waals surface area contributed by atoms with E-state index in [2.05, 4.69) is 15.0 Å². The second-order valence-corrected chi connectivity index (χ2v) is 4.84. The highest BCUT2D eigenvalue weighted by Gasteiger charge is 2.24. The highest BCUT2D eigenvalue weighted by molar-refractivity contribution is 5.58. The molecular formula is C14H16N4. The minimum atomic E-state index is -0.118. The van der Waals surface area contributed by atoms with Gasteiger partial charge in [-0.15, -0.1) is 0 Å². The summed E-state index contributed by atoms with van der Waals surface area (Å²) < 4.78 is 0. The van der Waals surface area contributed by atoms with E-state index < -0.39 is 0 Å². The summed E-state index contributed by atoms with van der Waals surface area (Å²) in [6, 6.07) is 3.74. The van der Waals surface area contributed by atoms with Gasteiger partial charge in [-0.3, -0.25) is 4.98 Å². The van der Waals surface area contributed by atoms with Gasteiger partial charge in [0.15, 0.2) is 5.82 Å². The van der Waals surface area contributed by atoms with Gasteiger partial charge in [0, 0.05) is 30.2 Å². The topological polar surface area (TPSA) is 64.7 Å². The lowest BCUT2D eigenvalue weighted by Gasteiger charge is -2.10. The third-order valence-electron chi connectivity index (χ3n) is 3.23. The van der Waals surface area contributed by atoms with E-state index in [9.17, 15) is 0 Å². The van der Waals surface area contributed by atoms with Crippen LogP contribution in [0.4, 0.5) is 0 Å². The van der Waals surface area contributed by atoms with Crippen molar-refractivity contribution in [3.8, 4) is 11.4 Å². The molecule has 1 fully saturated rings. The third kappa shape index (κ3) is 2.11. The lowest BCUT2D eigenvalue weighted by atomic mass is 10.1. The van der Waals surface area contributed by atoms with Crippen LogP contribution in [0.3, 0.4) is 0 Å². The Morgan fingerprint density at radius 3 is 2.56 bits per heavy atom. The summed E-state index contributed by atoms with van der Waals surface area (Å²) in [6.07, 6.45) is 8.14. The molecule has 2 heterocycles. The van der Waals surface area contributed by atoms with Crippen molar-refractivity contribution in [2.75, 3.05) is 0 Å². The molecule has 0 bridgehead atoms. The number of hydrogen-bond donors (Lipinski definition) is 1. The first-order valence-electron chi connectivity index (χ1n) is 6.28. The summed E-state index contributed by atoms with van der Waals surface area (Å²) in [5, 5.41) is 0. The van der Waals surface area contributed by atoms with Crippen molar-refractivity contribution in [1.29, 1.82) is 0 Å².